The van der Waals surface area contributed by atoms with Crippen LogP contribution < -0.4 is 5.32 Å². The Labute approximate surface area is 127 Å². The molecule has 20 heavy (non-hydrogen) atoms. The van der Waals surface area contributed by atoms with Crippen molar-refractivity contribution in [3.05, 3.63) is 45.4 Å². The molecule has 3 aromatic rings. The quantitative estimate of drug-likeness (QED) is 0.776. The van der Waals surface area contributed by atoms with Gasteiger partial charge in [0.15, 0.2) is 4.96 Å². The Hall–Kier alpha value is -1.17. The number of hydrogen-bond donors (Lipinski definition) is 1. The molecule has 3 aromatic heterocycles. The summed E-state index contributed by atoms with van der Waals surface area (Å²) < 4.78 is 2.19. The number of thiophene rings is 1. The van der Waals surface area contributed by atoms with Crippen molar-refractivity contribution in [1.29, 1.82) is 0 Å². The average molecular weight is 305 g/mol. The Kier molecular flexibility index (Phi) is 3.67. The molecule has 5 heteroatoms. The van der Waals surface area contributed by atoms with Gasteiger partial charge in [0, 0.05) is 35.0 Å². The lowest BCUT2D eigenvalue weighted by Gasteiger charge is -2.23. The molecule has 0 aliphatic carbocycles. The van der Waals surface area contributed by atoms with Crippen molar-refractivity contribution in [1.82, 2.24) is 14.7 Å². The lowest BCUT2D eigenvalue weighted by Crippen LogP contribution is -2.32. The number of hydrogen-bond acceptors (Lipinski definition) is 4. The molecule has 0 unspecified atom stereocenters. The Morgan fingerprint density at radius 3 is 2.90 bits per heavy atom. The van der Waals surface area contributed by atoms with Crippen LogP contribution in [-0.4, -0.2) is 15.9 Å². The average Bonchev–Trinajstić information content (AvgIpc) is 3.08. The minimum absolute atomic E-state index is 0.167. The molecule has 3 nitrogen and oxygen atoms in total. The molecular weight excluding hydrogens is 286 g/mol. The Bertz CT molecular complexity index is 692. The molecule has 106 valence electrons. The van der Waals surface area contributed by atoms with Gasteiger partial charge in [-0.25, -0.2) is 4.98 Å². The van der Waals surface area contributed by atoms with Gasteiger partial charge in [-0.3, -0.25) is 4.40 Å². The van der Waals surface area contributed by atoms with Gasteiger partial charge in [-0.1, -0.05) is 19.9 Å². The normalized spacial score (nSPS) is 12.3. The third kappa shape index (κ3) is 2.53. The van der Waals surface area contributed by atoms with Gasteiger partial charge in [0.05, 0.1) is 11.4 Å². The van der Waals surface area contributed by atoms with Crippen LogP contribution in [0, 0.1) is 6.92 Å². The van der Waals surface area contributed by atoms with Crippen LogP contribution in [-0.2, 0) is 12.0 Å². The first kappa shape index (κ1) is 13.8. The van der Waals surface area contributed by atoms with E-state index in [0.29, 0.717) is 0 Å². The Morgan fingerprint density at radius 1 is 1.30 bits per heavy atom. The molecule has 0 aliphatic rings. The first-order valence-corrected chi connectivity index (χ1v) is 8.49. The Morgan fingerprint density at radius 2 is 2.15 bits per heavy atom. The number of thiazole rings is 1. The number of aromatic nitrogens is 2. The number of fused-ring (bicyclic) bond motifs is 1. The van der Waals surface area contributed by atoms with Gasteiger partial charge in [0.2, 0.25) is 0 Å². The molecule has 0 aromatic carbocycles. The molecule has 0 atom stereocenters. The molecule has 3 heterocycles. The van der Waals surface area contributed by atoms with E-state index < -0.39 is 0 Å². The van der Waals surface area contributed by atoms with Gasteiger partial charge in [0.25, 0.3) is 0 Å². The first-order valence-electron chi connectivity index (χ1n) is 6.74. The van der Waals surface area contributed by atoms with Crippen molar-refractivity contribution >= 4 is 27.6 Å². The van der Waals surface area contributed by atoms with Gasteiger partial charge in [-0.05, 0) is 18.4 Å². The maximum absolute atomic E-state index is 4.58. The van der Waals surface area contributed by atoms with E-state index in [2.05, 4.69) is 64.6 Å². The largest absolute Gasteiger partial charge is 0.310 e. The summed E-state index contributed by atoms with van der Waals surface area (Å²) in [5.74, 6) is 0. The zero-order valence-corrected chi connectivity index (χ0v) is 13.6. The molecule has 0 saturated carbocycles. The highest BCUT2D eigenvalue weighted by molar-refractivity contribution is 7.15. The number of aryl methyl sites for hydroxylation is 1. The second-order valence-electron chi connectivity index (χ2n) is 5.66. The lowest BCUT2D eigenvalue weighted by atomic mass is 9.91. The highest BCUT2D eigenvalue weighted by Crippen LogP contribution is 2.26. The van der Waals surface area contributed by atoms with Crippen molar-refractivity contribution in [2.45, 2.75) is 32.7 Å². The van der Waals surface area contributed by atoms with Crippen LogP contribution in [0.3, 0.4) is 0 Å². The topological polar surface area (TPSA) is 29.3 Å². The van der Waals surface area contributed by atoms with Crippen LogP contribution >= 0.6 is 22.7 Å². The van der Waals surface area contributed by atoms with E-state index in [1.807, 2.05) is 11.3 Å². The number of rotatable bonds is 5. The van der Waals surface area contributed by atoms with Crippen molar-refractivity contribution in [3.8, 4) is 0 Å². The zero-order valence-electron chi connectivity index (χ0n) is 12.0. The predicted octanol–water partition coefficient (Wildman–Crippen LogP) is 3.83. The number of nitrogens with one attached hydrogen (secondary N) is 1. The molecule has 0 aliphatic heterocycles. The van der Waals surface area contributed by atoms with Crippen molar-refractivity contribution in [2.75, 3.05) is 6.54 Å². The van der Waals surface area contributed by atoms with Crippen LogP contribution in [0.1, 0.15) is 30.1 Å². The summed E-state index contributed by atoms with van der Waals surface area (Å²) in [7, 11) is 0. The highest BCUT2D eigenvalue weighted by Gasteiger charge is 2.21. The van der Waals surface area contributed by atoms with Gasteiger partial charge < -0.3 is 5.32 Å². The predicted molar refractivity (Wildman–Crippen MR) is 86.9 cm³/mol. The van der Waals surface area contributed by atoms with E-state index in [-0.39, 0.29) is 5.41 Å². The van der Waals surface area contributed by atoms with Crippen LogP contribution in [0.15, 0.2) is 29.1 Å². The molecule has 0 fully saturated rings. The van der Waals surface area contributed by atoms with Crippen molar-refractivity contribution in [3.63, 3.8) is 0 Å². The van der Waals surface area contributed by atoms with Gasteiger partial charge in [-0.15, -0.1) is 22.7 Å². The molecule has 0 bridgehead atoms. The zero-order chi connectivity index (χ0) is 14.2. The van der Waals surface area contributed by atoms with E-state index >= 15 is 0 Å². The molecule has 0 radical (unpaired) electrons. The van der Waals surface area contributed by atoms with E-state index in [9.17, 15) is 0 Å². The summed E-state index contributed by atoms with van der Waals surface area (Å²) in [5, 5.41) is 7.82. The van der Waals surface area contributed by atoms with Crippen LogP contribution in [0.25, 0.3) is 4.96 Å². The van der Waals surface area contributed by atoms with Crippen LogP contribution in [0.2, 0.25) is 0 Å². The molecule has 0 spiro atoms. The fourth-order valence-electron chi connectivity index (χ4n) is 2.40. The molecular formula is C15H19N3S2. The molecule has 0 saturated heterocycles. The fourth-order valence-corrected chi connectivity index (χ4v) is 4.03. The van der Waals surface area contributed by atoms with Crippen LogP contribution in [0.5, 0.6) is 0 Å². The van der Waals surface area contributed by atoms with Crippen molar-refractivity contribution in [2.24, 2.45) is 0 Å². The summed E-state index contributed by atoms with van der Waals surface area (Å²) >= 11 is 3.51. The minimum atomic E-state index is 0.167. The molecule has 1 N–H and O–H groups in total. The van der Waals surface area contributed by atoms with Gasteiger partial charge >= 0.3 is 0 Å². The number of nitrogens with zero attached hydrogens (tertiary/aromatic N) is 2. The monoisotopic (exact) mass is 305 g/mol. The van der Waals surface area contributed by atoms with E-state index in [1.54, 1.807) is 11.3 Å². The second-order valence-corrected chi connectivity index (χ2v) is 7.48. The standard InChI is InChI=1S/C15H19N3S2/c1-11-12(18-6-8-20-14(18)17-11)9-16-10-15(2,3)13-5-4-7-19-13/h4-8,16H,9-10H2,1-3H3. The van der Waals surface area contributed by atoms with E-state index in [0.717, 1.165) is 23.7 Å². The van der Waals surface area contributed by atoms with E-state index in [4.69, 9.17) is 0 Å². The maximum atomic E-state index is 4.58. The molecule has 0 amide bonds. The minimum Gasteiger partial charge on any atom is -0.310 e. The molecule has 3 rings (SSSR count). The van der Waals surface area contributed by atoms with Gasteiger partial charge in [0.1, 0.15) is 0 Å². The third-order valence-corrected chi connectivity index (χ3v) is 5.60. The summed E-state index contributed by atoms with van der Waals surface area (Å²) in [6, 6.07) is 4.34. The lowest BCUT2D eigenvalue weighted by molar-refractivity contribution is 0.473. The second kappa shape index (κ2) is 5.31. The summed E-state index contributed by atoms with van der Waals surface area (Å²) in [6.07, 6.45) is 2.10. The van der Waals surface area contributed by atoms with Crippen molar-refractivity contribution < 1.29 is 0 Å². The first-order chi connectivity index (χ1) is 9.58. The third-order valence-electron chi connectivity index (χ3n) is 3.61. The SMILES string of the molecule is Cc1nc2sccn2c1CNCC(C)(C)c1cccs1. The van der Waals surface area contributed by atoms with Crippen LogP contribution in [0.4, 0.5) is 0 Å². The number of imidazole rings is 1. The summed E-state index contributed by atoms with van der Waals surface area (Å²) in [4.78, 5) is 7.09. The smallest absolute Gasteiger partial charge is 0.194 e. The summed E-state index contributed by atoms with van der Waals surface area (Å²) in [6.45, 7) is 8.48. The highest BCUT2D eigenvalue weighted by atomic mass is 32.1. The summed E-state index contributed by atoms with van der Waals surface area (Å²) in [5.41, 5.74) is 2.56. The maximum Gasteiger partial charge on any atom is 0.194 e. The van der Waals surface area contributed by atoms with Gasteiger partial charge in [-0.2, -0.15) is 0 Å². The Balaban J connectivity index is 1.68. The fraction of sp³-hybridized carbons (Fsp3) is 0.400. The van der Waals surface area contributed by atoms with E-state index in [1.165, 1.54) is 10.6 Å².